The number of rotatable bonds is 63. The molecule has 6 heteroatoms. The van der Waals surface area contributed by atoms with Gasteiger partial charge in [0.15, 0.2) is 0 Å². The van der Waals surface area contributed by atoms with Gasteiger partial charge in [0, 0.05) is 12.8 Å². The Morgan fingerprint density at radius 1 is 0.370 bits per heavy atom. The maximum Gasteiger partial charge on any atom is 0.305 e. The average Bonchev–Trinajstić information content (AvgIpc) is 3.39. The van der Waals surface area contributed by atoms with Gasteiger partial charge >= 0.3 is 5.97 Å². The highest BCUT2D eigenvalue weighted by Gasteiger charge is 2.20. The minimum Gasteiger partial charge on any atom is -0.466 e. The number of ether oxygens (including phenoxy) is 1. The number of hydrogen-bond acceptors (Lipinski definition) is 5. The maximum absolute atomic E-state index is 12.5. The Bertz CT molecular complexity index is 1100. The van der Waals surface area contributed by atoms with Crippen molar-refractivity contribution in [3.8, 4) is 0 Å². The second kappa shape index (κ2) is 63.1. The van der Waals surface area contributed by atoms with Crippen molar-refractivity contribution in [2.45, 2.75) is 392 Å². The van der Waals surface area contributed by atoms with Gasteiger partial charge in [-0.1, -0.05) is 334 Å². The zero-order valence-corrected chi connectivity index (χ0v) is 49.6. The molecule has 3 N–H and O–H groups in total. The van der Waals surface area contributed by atoms with E-state index in [1.54, 1.807) is 0 Å². The standard InChI is InChI=1S/C67H131NO5/c1-3-5-7-9-11-13-15-16-17-18-19-20-21-22-24-27-30-33-36-40-43-47-51-55-59-65(70)64(63-69)68-66(71)60-56-52-48-44-41-37-34-31-28-25-23-26-29-32-35-38-42-46-50-54-58-62-73-67(72)61-57-53-49-45-39-14-12-10-8-6-4-2/h10,12,64-65,69-70H,3-9,11,13-63H2,1-2H3,(H,68,71)/b12-10-. The molecular weight excluding hydrogens is 899 g/mol. The second-order valence-electron chi connectivity index (χ2n) is 23.2. The molecule has 73 heavy (non-hydrogen) atoms. The predicted molar refractivity (Wildman–Crippen MR) is 320 cm³/mol. The van der Waals surface area contributed by atoms with Gasteiger partial charge in [0.25, 0.3) is 0 Å². The normalized spacial score (nSPS) is 12.5. The third-order valence-corrected chi connectivity index (χ3v) is 15.8. The molecule has 0 heterocycles. The van der Waals surface area contributed by atoms with Crippen molar-refractivity contribution in [2.75, 3.05) is 13.2 Å². The molecule has 6 nitrogen and oxygen atoms in total. The molecule has 1 amide bonds. The van der Waals surface area contributed by atoms with Gasteiger partial charge in [-0.2, -0.15) is 0 Å². The van der Waals surface area contributed by atoms with Crippen LogP contribution in [0.15, 0.2) is 12.2 Å². The Morgan fingerprint density at radius 2 is 0.658 bits per heavy atom. The number of carbonyl (C=O) groups is 2. The summed E-state index contributed by atoms with van der Waals surface area (Å²) in [6.07, 6.45) is 76.7. The van der Waals surface area contributed by atoms with Crippen LogP contribution in [0.2, 0.25) is 0 Å². The van der Waals surface area contributed by atoms with Crippen LogP contribution in [0.3, 0.4) is 0 Å². The minimum absolute atomic E-state index is 0.00197. The van der Waals surface area contributed by atoms with Crippen molar-refractivity contribution in [1.82, 2.24) is 5.32 Å². The third-order valence-electron chi connectivity index (χ3n) is 15.8. The summed E-state index contributed by atoms with van der Waals surface area (Å²) in [5.41, 5.74) is 0. The average molecular weight is 1030 g/mol. The number of aliphatic hydroxyl groups is 2. The second-order valence-corrected chi connectivity index (χ2v) is 23.2. The molecule has 0 aliphatic heterocycles. The Morgan fingerprint density at radius 3 is 1.01 bits per heavy atom. The number of hydrogen-bond donors (Lipinski definition) is 3. The van der Waals surface area contributed by atoms with E-state index < -0.39 is 12.1 Å². The number of allylic oxidation sites excluding steroid dienone is 2. The fourth-order valence-corrected chi connectivity index (χ4v) is 10.7. The molecule has 0 radical (unpaired) electrons. The van der Waals surface area contributed by atoms with Crippen LogP contribution in [-0.2, 0) is 14.3 Å². The van der Waals surface area contributed by atoms with Crippen LogP contribution in [0.4, 0.5) is 0 Å². The number of aliphatic hydroxyl groups excluding tert-OH is 2. The van der Waals surface area contributed by atoms with E-state index >= 15 is 0 Å². The number of carbonyl (C=O) groups excluding carboxylic acids is 2. The van der Waals surface area contributed by atoms with Crippen LogP contribution >= 0.6 is 0 Å². The van der Waals surface area contributed by atoms with Crippen molar-refractivity contribution in [3.63, 3.8) is 0 Å². The van der Waals surface area contributed by atoms with Gasteiger partial charge in [-0.25, -0.2) is 0 Å². The van der Waals surface area contributed by atoms with Gasteiger partial charge < -0.3 is 20.3 Å². The molecule has 0 aromatic rings. The highest BCUT2D eigenvalue weighted by Crippen LogP contribution is 2.19. The molecule has 0 aromatic heterocycles. The highest BCUT2D eigenvalue weighted by molar-refractivity contribution is 5.76. The summed E-state index contributed by atoms with van der Waals surface area (Å²) in [7, 11) is 0. The van der Waals surface area contributed by atoms with Crippen LogP contribution in [0, 0.1) is 0 Å². The van der Waals surface area contributed by atoms with E-state index in [9.17, 15) is 19.8 Å². The summed E-state index contributed by atoms with van der Waals surface area (Å²) in [5, 5.41) is 23.4. The number of amides is 1. The zero-order valence-electron chi connectivity index (χ0n) is 49.6. The Balaban J connectivity index is 3.39. The van der Waals surface area contributed by atoms with E-state index in [2.05, 4.69) is 31.3 Å². The minimum atomic E-state index is -0.666. The van der Waals surface area contributed by atoms with Gasteiger partial charge in [0.1, 0.15) is 0 Å². The summed E-state index contributed by atoms with van der Waals surface area (Å²) >= 11 is 0. The molecule has 0 aromatic carbocycles. The van der Waals surface area contributed by atoms with Gasteiger partial charge in [-0.3, -0.25) is 9.59 Å². The van der Waals surface area contributed by atoms with E-state index in [-0.39, 0.29) is 18.5 Å². The first-order chi connectivity index (χ1) is 36.0. The first-order valence-corrected chi connectivity index (χ1v) is 33.4. The fourth-order valence-electron chi connectivity index (χ4n) is 10.7. The molecule has 434 valence electrons. The van der Waals surface area contributed by atoms with Crippen LogP contribution in [0.5, 0.6) is 0 Å². The summed E-state index contributed by atoms with van der Waals surface area (Å²) in [5.74, 6) is -0.0292. The lowest BCUT2D eigenvalue weighted by molar-refractivity contribution is -0.143. The summed E-state index contributed by atoms with van der Waals surface area (Å²) in [6.45, 7) is 4.95. The third kappa shape index (κ3) is 59.7. The van der Waals surface area contributed by atoms with E-state index in [1.807, 2.05) is 0 Å². The van der Waals surface area contributed by atoms with Crippen LogP contribution in [-0.4, -0.2) is 47.4 Å². The summed E-state index contributed by atoms with van der Waals surface area (Å²) in [6, 6.07) is -0.543. The van der Waals surface area contributed by atoms with E-state index in [0.29, 0.717) is 25.9 Å². The summed E-state index contributed by atoms with van der Waals surface area (Å²) < 4.78 is 5.46. The number of nitrogens with one attached hydrogen (secondary N) is 1. The lowest BCUT2D eigenvalue weighted by atomic mass is 10.0. The molecule has 0 saturated carbocycles. The lowest BCUT2D eigenvalue weighted by Crippen LogP contribution is -2.45. The molecule has 0 spiro atoms. The van der Waals surface area contributed by atoms with Crippen LogP contribution in [0.1, 0.15) is 380 Å². The largest absolute Gasteiger partial charge is 0.466 e. The zero-order chi connectivity index (χ0) is 52.9. The molecule has 0 aliphatic rings. The molecule has 0 saturated heterocycles. The molecule has 2 atom stereocenters. The Hall–Kier alpha value is -1.40. The van der Waals surface area contributed by atoms with E-state index in [4.69, 9.17) is 4.74 Å². The molecule has 0 aliphatic carbocycles. The predicted octanol–water partition coefficient (Wildman–Crippen LogP) is 21.2. The van der Waals surface area contributed by atoms with Crippen molar-refractivity contribution in [1.29, 1.82) is 0 Å². The lowest BCUT2D eigenvalue weighted by Gasteiger charge is -2.22. The number of unbranched alkanes of at least 4 members (excludes halogenated alkanes) is 50. The van der Waals surface area contributed by atoms with Crippen molar-refractivity contribution in [3.05, 3.63) is 12.2 Å². The highest BCUT2D eigenvalue weighted by atomic mass is 16.5. The number of esters is 1. The van der Waals surface area contributed by atoms with Crippen molar-refractivity contribution in [2.24, 2.45) is 0 Å². The van der Waals surface area contributed by atoms with Crippen LogP contribution in [0.25, 0.3) is 0 Å². The summed E-state index contributed by atoms with van der Waals surface area (Å²) in [4.78, 5) is 24.5. The van der Waals surface area contributed by atoms with Crippen molar-refractivity contribution >= 4 is 11.9 Å². The van der Waals surface area contributed by atoms with Crippen LogP contribution < -0.4 is 5.32 Å². The molecular formula is C67H131NO5. The molecule has 0 fully saturated rings. The maximum atomic E-state index is 12.5. The van der Waals surface area contributed by atoms with Gasteiger partial charge in [0.2, 0.25) is 5.91 Å². The Labute approximate surface area is 457 Å². The smallest absolute Gasteiger partial charge is 0.305 e. The monoisotopic (exact) mass is 1030 g/mol. The first-order valence-electron chi connectivity index (χ1n) is 33.4. The molecule has 2 unspecified atom stereocenters. The molecule has 0 bridgehead atoms. The molecule has 0 rings (SSSR count). The Kier molecular flexibility index (Phi) is 61.9. The van der Waals surface area contributed by atoms with E-state index in [1.165, 1.54) is 302 Å². The van der Waals surface area contributed by atoms with Crippen molar-refractivity contribution < 1.29 is 24.5 Å². The van der Waals surface area contributed by atoms with E-state index in [0.717, 1.165) is 44.9 Å². The fraction of sp³-hybridized carbons (Fsp3) is 0.940. The topological polar surface area (TPSA) is 95.9 Å². The SMILES string of the molecule is CCCC/C=C\CCCCCCCC(=O)OCCCCCCCCCCCCCCCCCCCCCCCC(=O)NC(CO)C(O)CCCCCCCCCCCCCCCCCCCCCCCCCC. The van der Waals surface area contributed by atoms with Gasteiger partial charge in [-0.05, 0) is 44.9 Å². The first kappa shape index (κ1) is 71.6. The van der Waals surface area contributed by atoms with Gasteiger partial charge in [0.05, 0.1) is 25.4 Å². The quantitative estimate of drug-likeness (QED) is 0.0320. The van der Waals surface area contributed by atoms with Gasteiger partial charge in [-0.15, -0.1) is 0 Å².